The standard InChI is InChI=1S/C13H28N/c1-2-3-4-5-6-7-8-9-10-11-12-13-14/h13H,2-12,14H2,1H3. The molecule has 0 saturated carbocycles. The quantitative estimate of drug-likeness (QED) is 0.489. The van der Waals surface area contributed by atoms with Gasteiger partial charge in [-0.2, -0.15) is 0 Å². The van der Waals surface area contributed by atoms with Crippen LogP contribution >= 0.6 is 0 Å². The van der Waals surface area contributed by atoms with E-state index in [2.05, 4.69) is 6.92 Å². The zero-order chi connectivity index (χ0) is 10.5. The molecule has 0 rings (SSSR count). The Balaban J connectivity index is 2.78. The van der Waals surface area contributed by atoms with E-state index in [1.54, 1.807) is 6.54 Å². The van der Waals surface area contributed by atoms with E-state index in [-0.39, 0.29) is 0 Å². The lowest BCUT2D eigenvalue weighted by Crippen LogP contribution is -1.89. The summed E-state index contributed by atoms with van der Waals surface area (Å²) in [5, 5.41) is 0. The Morgan fingerprint density at radius 3 is 1.57 bits per heavy atom. The Labute approximate surface area is 90.5 Å². The van der Waals surface area contributed by atoms with Crippen LogP contribution in [0.2, 0.25) is 0 Å². The molecule has 0 fully saturated rings. The van der Waals surface area contributed by atoms with E-state index in [0.29, 0.717) is 0 Å². The van der Waals surface area contributed by atoms with Crippen molar-refractivity contribution in [1.82, 2.24) is 0 Å². The maximum atomic E-state index is 5.31. The summed E-state index contributed by atoms with van der Waals surface area (Å²) in [5.41, 5.74) is 5.31. The van der Waals surface area contributed by atoms with Gasteiger partial charge in [0.05, 0.1) is 0 Å². The van der Waals surface area contributed by atoms with Crippen LogP contribution in [-0.2, 0) is 0 Å². The molecule has 1 radical (unpaired) electrons. The zero-order valence-electron chi connectivity index (χ0n) is 9.93. The van der Waals surface area contributed by atoms with Gasteiger partial charge in [0.2, 0.25) is 0 Å². The number of unbranched alkanes of at least 4 members (excludes halogenated alkanes) is 10. The number of rotatable bonds is 11. The molecule has 0 spiro atoms. The molecule has 0 aliphatic rings. The van der Waals surface area contributed by atoms with Crippen LogP contribution in [0.1, 0.15) is 77.6 Å². The molecule has 0 aliphatic heterocycles. The van der Waals surface area contributed by atoms with Gasteiger partial charge in [-0.25, -0.2) is 0 Å². The van der Waals surface area contributed by atoms with E-state index in [1.165, 1.54) is 64.2 Å². The summed E-state index contributed by atoms with van der Waals surface area (Å²) < 4.78 is 0. The van der Waals surface area contributed by atoms with Crippen LogP contribution in [0, 0.1) is 6.54 Å². The molecule has 0 aromatic rings. The highest BCUT2D eigenvalue weighted by Gasteiger charge is 1.91. The van der Waals surface area contributed by atoms with Gasteiger partial charge in [0.15, 0.2) is 0 Å². The van der Waals surface area contributed by atoms with Crippen LogP contribution in [0.5, 0.6) is 0 Å². The summed E-state index contributed by atoms with van der Waals surface area (Å²) >= 11 is 0. The van der Waals surface area contributed by atoms with Gasteiger partial charge < -0.3 is 5.73 Å². The SMILES string of the molecule is CCCCCCCCCCCC[CH]N. The van der Waals surface area contributed by atoms with Crippen LogP contribution in [0.4, 0.5) is 0 Å². The van der Waals surface area contributed by atoms with Gasteiger partial charge in [0, 0.05) is 6.54 Å². The molecule has 0 aliphatic carbocycles. The second-order valence-corrected chi connectivity index (χ2v) is 4.21. The van der Waals surface area contributed by atoms with Crippen molar-refractivity contribution in [2.75, 3.05) is 0 Å². The fraction of sp³-hybridized carbons (Fsp3) is 0.923. The lowest BCUT2D eigenvalue weighted by molar-refractivity contribution is 0.555. The Hall–Kier alpha value is -0.0400. The predicted octanol–water partition coefficient (Wildman–Crippen LogP) is 4.42. The molecular weight excluding hydrogens is 170 g/mol. The minimum absolute atomic E-state index is 1.09. The van der Waals surface area contributed by atoms with E-state index in [1.807, 2.05) is 0 Å². The maximum absolute atomic E-state index is 5.31. The van der Waals surface area contributed by atoms with Gasteiger partial charge in [-0.15, -0.1) is 0 Å². The van der Waals surface area contributed by atoms with Crippen molar-refractivity contribution in [1.29, 1.82) is 0 Å². The highest BCUT2D eigenvalue weighted by atomic mass is 14.5. The van der Waals surface area contributed by atoms with E-state index < -0.39 is 0 Å². The molecule has 1 nitrogen and oxygen atoms in total. The molecule has 0 amide bonds. The minimum Gasteiger partial charge on any atom is -0.326 e. The number of hydrogen-bond acceptors (Lipinski definition) is 1. The van der Waals surface area contributed by atoms with Gasteiger partial charge in [-0.3, -0.25) is 0 Å². The molecular formula is C13H28N. The predicted molar refractivity (Wildman–Crippen MR) is 64.9 cm³/mol. The number of hydrogen-bond donors (Lipinski definition) is 1. The molecule has 0 bridgehead atoms. The fourth-order valence-corrected chi connectivity index (χ4v) is 1.75. The van der Waals surface area contributed by atoms with Crippen molar-refractivity contribution in [2.24, 2.45) is 5.73 Å². The third-order valence-corrected chi connectivity index (χ3v) is 2.72. The van der Waals surface area contributed by atoms with Crippen LogP contribution in [0.15, 0.2) is 0 Å². The Kier molecular flexibility index (Phi) is 12.9. The monoisotopic (exact) mass is 198 g/mol. The summed E-state index contributed by atoms with van der Waals surface area (Å²) in [7, 11) is 0. The Morgan fingerprint density at radius 1 is 0.714 bits per heavy atom. The van der Waals surface area contributed by atoms with Gasteiger partial charge in [0.25, 0.3) is 0 Å². The average Bonchev–Trinajstić information content (AvgIpc) is 2.21. The van der Waals surface area contributed by atoms with E-state index in [9.17, 15) is 0 Å². The van der Waals surface area contributed by atoms with E-state index in [4.69, 9.17) is 5.73 Å². The average molecular weight is 198 g/mol. The summed E-state index contributed by atoms with van der Waals surface area (Å²) in [6.45, 7) is 4.05. The molecule has 0 saturated heterocycles. The van der Waals surface area contributed by atoms with Crippen molar-refractivity contribution in [3.63, 3.8) is 0 Å². The molecule has 0 aromatic heterocycles. The second-order valence-electron chi connectivity index (χ2n) is 4.21. The zero-order valence-corrected chi connectivity index (χ0v) is 9.93. The van der Waals surface area contributed by atoms with Crippen LogP contribution < -0.4 is 5.73 Å². The highest BCUT2D eigenvalue weighted by Crippen LogP contribution is 2.11. The largest absolute Gasteiger partial charge is 0.326 e. The van der Waals surface area contributed by atoms with Gasteiger partial charge in [0.1, 0.15) is 0 Å². The van der Waals surface area contributed by atoms with E-state index in [0.717, 1.165) is 6.42 Å². The first-order valence-electron chi connectivity index (χ1n) is 6.45. The first-order valence-corrected chi connectivity index (χ1v) is 6.45. The maximum Gasteiger partial charge on any atom is 0.0192 e. The lowest BCUT2D eigenvalue weighted by atomic mass is 10.1. The molecule has 0 heterocycles. The molecule has 14 heavy (non-hydrogen) atoms. The molecule has 0 unspecified atom stereocenters. The van der Waals surface area contributed by atoms with E-state index >= 15 is 0 Å². The van der Waals surface area contributed by atoms with Gasteiger partial charge in [-0.05, 0) is 6.42 Å². The molecule has 85 valence electrons. The minimum atomic E-state index is 1.09. The Bertz CT molecular complexity index is 79.2. The summed E-state index contributed by atoms with van der Waals surface area (Å²) in [4.78, 5) is 0. The summed E-state index contributed by atoms with van der Waals surface area (Å²) in [6.07, 6.45) is 15.1. The first kappa shape index (κ1) is 14.0. The van der Waals surface area contributed by atoms with Crippen LogP contribution in [-0.4, -0.2) is 0 Å². The number of nitrogens with two attached hydrogens (primary N) is 1. The smallest absolute Gasteiger partial charge is 0.0192 e. The van der Waals surface area contributed by atoms with Crippen molar-refractivity contribution >= 4 is 0 Å². The van der Waals surface area contributed by atoms with Crippen molar-refractivity contribution in [3.8, 4) is 0 Å². The van der Waals surface area contributed by atoms with Crippen LogP contribution in [0.3, 0.4) is 0 Å². The molecule has 0 atom stereocenters. The second kappa shape index (κ2) is 13.0. The molecule has 2 N–H and O–H groups in total. The third-order valence-electron chi connectivity index (χ3n) is 2.72. The third kappa shape index (κ3) is 12.0. The normalized spacial score (nSPS) is 10.7. The van der Waals surface area contributed by atoms with Crippen molar-refractivity contribution in [3.05, 3.63) is 6.54 Å². The van der Waals surface area contributed by atoms with Crippen LogP contribution in [0.25, 0.3) is 0 Å². The fourth-order valence-electron chi connectivity index (χ4n) is 1.75. The summed E-state index contributed by atoms with van der Waals surface area (Å²) in [5.74, 6) is 0. The highest BCUT2D eigenvalue weighted by molar-refractivity contribution is 4.54. The van der Waals surface area contributed by atoms with Gasteiger partial charge >= 0.3 is 0 Å². The Morgan fingerprint density at radius 2 is 1.14 bits per heavy atom. The molecule has 1 heteroatoms. The lowest BCUT2D eigenvalue weighted by Gasteiger charge is -2.01. The summed E-state index contributed by atoms with van der Waals surface area (Å²) in [6, 6.07) is 0. The van der Waals surface area contributed by atoms with Crippen molar-refractivity contribution in [2.45, 2.75) is 77.6 Å². The van der Waals surface area contributed by atoms with Crippen molar-refractivity contribution < 1.29 is 0 Å². The van der Waals surface area contributed by atoms with Gasteiger partial charge in [-0.1, -0.05) is 71.1 Å². The first-order chi connectivity index (χ1) is 6.91. The molecule has 0 aromatic carbocycles. The topological polar surface area (TPSA) is 26.0 Å².